The van der Waals surface area contributed by atoms with Gasteiger partial charge >= 0.3 is 12.2 Å². The monoisotopic (exact) mass is 526 g/mol. The molecule has 0 fully saturated rings. The average molecular weight is 527 g/mol. The number of carbonyl (C=O) groups is 2. The van der Waals surface area contributed by atoms with Crippen LogP contribution in [0.1, 0.15) is 66.5 Å². The van der Waals surface area contributed by atoms with Gasteiger partial charge in [0.25, 0.3) is 0 Å². The molecule has 0 atom stereocenters. The van der Waals surface area contributed by atoms with Gasteiger partial charge in [-0.2, -0.15) is 13.2 Å². The maximum atomic E-state index is 13.4. The number of urea groups is 1. The third kappa shape index (κ3) is 6.26. The molecule has 0 saturated carbocycles. The number of nitrogens with zero attached hydrogens (tertiary/aromatic N) is 3. The number of halogens is 3. The van der Waals surface area contributed by atoms with Crippen LogP contribution in [0, 0.1) is 6.92 Å². The molecule has 3 aromatic rings. The molecule has 1 aliphatic heterocycles. The molecule has 0 bridgehead atoms. The summed E-state index contributed by atoms with van der Waals surface area (Å²) in [4.78, 5) is 32.2. The summed E-state index contributed by atoms with van der Waals surface area (Å²) in [5.41, 5.74) is 2.00. The number of ketones is 1. The van der Waals surface area contributed by atoms with Crippen molar-refractivity contribution in [3.63, 3.8) is 0 Å². The van der Waals surface area contributed by atoms with E-state index in [-0.39, 0.29) is 18.4 Å². The lowest BCUT2D eigenvalue weighted by atomic mass is 9.85. The molecule has 1 aliphatic rings. The highest BCUT2D eigenvalue weighted by Crippen LogP contribution is 2.37. The van der Waals surface area contributed by atoms with Crippen molar-refractivity contribution < 1.29 is 22.8 Å². The highest BCUT2D eigenvalue weighted by atomic mass is 19.4. The Kier molecular flexibility index (Phi) is 7.67. The van der Waals surface area contributed by atoms with E-state index < -0.39 is 17.3 Å². The molecule has 6 nitrogen and oxygen atoms in total. The van der Waals surface area contributed by atoms with Crippen LogP contribution in [-0.2, 0) is 25.7 Å². The second kappa shape index (κ2) is 10.6. The predicted octanol–water partition coefficient (Wildman–Crippen LogP) is 6.41. The Morgan fingerprint density at radius 1 is 1.08 bits per heavy atom. The molecule has 1 N–H and O–H groups in total. The molecular formula is C29H33F3N4O2. The molecule has 2 heterocycles. The van der Waals surface area contributed by atoms with Crippen molar-refractivity contribution in [3.8, 4) is 11.1 Å². The Balaban J connectivity index is 1.67. The fourth-order valence-corrected chi connectivity index (χ4v) is 4.83. The van der Waals surface area contributed by atoms with E-state index >= 15 is 0 Å². The number of amides is 2. The highest BCUT2D eigenvalue weighted by molar-refractivity contribution is 5.99. The molecule has 1 aromatic heterocycles. The van der Waals surface area contributed by atoms with Gasteiger partial charge in [0.1, 0.15) is 5.82 Å². The van der Waals surface area contributed by atoms with Gasteiger partial charge < -0.3 is 14.8 Å². The van der Waals surface area contributed by atoms with Crippen LogP contribution in [0.25, 0.3) is 11.1 Å². The van der Waals surface area contributed by atoms with Gasteiger partial charge in [0.15, 0.2) is 5.78 Å². The summed E-state index contributed by atoms with van der Waals surface area (Å²) in [6.45, 7) is 8.86. The maximum Gasteiger partial charge on any atom is 0.416 e. The summed E-state index contributed by atoms with van der Waals surface area (Å²) < 4.78 is 42.2. The van der Waals surface area contributed by atoms with Crippen LogP contribution in [0.2, 0.25) is 0 Å². The molecule has 0 radical (unpaired) electrons. The summed E-state index contributed by atoms with van der Waals surface area (Å²) >= 11 is 0. The van der Waals surface area contributed by atoms with E-state index in [2.05, 4.69) is 10.3 Å². The Bertz CT molecular complexity index is 1340. The van der Waals surface area contributed by atoms with Gasteiger partial charge in [0.2, 0.25) is 0 Å². The van der Waals surface area contributed by atoms with Crippen molar-refractivity contribution in [2.75, 3.05) is 6.54 Å². The summed E-state index contributed by atoms with van der Waals surface area (Å²) in [6, 6.07) is 8.45. The molecule has 2 amide bonds. The van der Waals surface area contributed by atoms with Crippen LogP contribution >= 0.6 is 0 Å². The summed E-state index contributed by atoms with van der Waals surface area (Å²) in [5.74, 6) is 0.827. The Hall–Kier alpha value is -3.62. The molecule has 0 spiro atoms. The van der Waals surface area contributed by atoms with Crippen LogP contribution < -0.4 is 5.32 Å². The Morgan fingerprint density at radius 2 is 1.84 bits per heavy atom. The summed E-state index contributed by atoms with van der Waals surface area (Å²) in [6.07, 6.45) is 0.499. The second-order valence-corrected chi connectivity index (χ2v) is 10.7. The van der Waals surface area contributed by atoms with Gasteiger partial charge in [0.05, 0.1) is 5.56 Å². The van der Waals surface area contributed by atoms with Crippen molar-refractivity contribution >= 4 is 11.8 Å². The lowest BCUT2D eigenvalue weighted by Gasteiger charge is -2.34. The van der Waals surface area contributed by atoms with Gasteiger partial charge in [-0.1, -0.05) is 24.3 Å². The zero-order chi connectivity index (χ0) is 27.7. The normalized spacial score (nSPS) is 13.8. The Labute approximate surface area is 220 Å². The van der Waals surface area contributed by atoms with Crippen LogP contribution in [0.3, 0.4) is 0 Å². The molecule has 38 heavy (non-hydrogen) atoms. The highest BCUT2D eigenvalue weighted by Gasteiger charge is 2.32. The first kappa shape index (κ1) is 27.4. The fraction of sp³-hybridized carbons (Fsp3) is 0.414. The summed E-state index contributed by atoms with van der Waals surface area (Å²) in [5, 5.41) is 2.96. The van der Waals surface area contributed by atoms with Gasteiger partial charge in [-0.15, -0.1) is 0 Å². The van der Waals surface area contributed by atoms with Crippen molar-refractivity contribution in [2.45, 2.75) is 71.8 Å². The topological polar surface area (TPSA) is 67.2 Å². The van der Waals surface area contributed by atoms with E-state index in [1.807, 2.05) is 38.5 Å². The number of fused-ring (bicyclic) bond motifs is 1. The number of aromatic nitrogens is 2. The van der Waals surface area contributed by atoms with E-state index in [4.69, 9.17) is 0 Å². The van der Waals surface area contributed by atoms with Gasteiger partial charge in [-0.25, -0.2) is 9.78 Å². The number of imidazole rings is 1. The van der Waals surface area contributed by atoms with Crippen molar-refractivity contribution in [1.82, 2.24) is 19.8 Å². The number of rotatable bonds is 6. The minimum absolute atomic E-state index is 0.0484. The fourth-order valence-electron chi connectivity index (χ4n) is 4.83. The number of nitrogens with one attached hydrogen (secondary N) is 1. The van der Waals surface area contributed by atoms with Gasteiger partial charge in [-0.05, 0) is 74.9 Å². The molecule has 2 aromatic carbocycles. The standard InChI is InChI=1S/C29H33F3N4O2/c1-19-33-13-16-35(19)14-6-9-26(37)24-11-10-22(20-7-5-8-21(17-20)29(30,31)32)23-12-15-36(18-25(23)24)27(38)34-28(2,3)4/h5,7-8,10-11,13,16-17H,6,9,12,14-15,18H2,1-4H3,(H,34,38). The number of hydrogen-bond donors (Lipinski definition) is 1. The zero-order valence-electron chi connectivity index (χ0n) is 22.2. The molecule has 0 aliphatic carbocycles. The number of hydrogen-bond acceptors (Lipinski definition) is 3. The molecular weight excluding hydrogens is 493 g/mol. The number of benzene rings is 2. The lowest BCUT2D eigenvalue weighted by molar-refractivity contribution is -0.137. The predicted molar refractivity (Wildman–Crippen MR) is 140 cm³/mol. The average Bonchev–Trinajstić information content (AvgIpc) is 3.25. The minimum atomic E-state index is -4.46. The first-order valence-electron chi connectivity index (χ1n) is 12.7. The number of carbonyl (C=O) groups excluding carboxylic acids is 2. The van der Waals surface area contributed by atoms with Gasteiger partial charge in [0, 0.05) is 49.6 Å². The minimum Gasteiger partial charge on any atom is -0.335 e. The SMILES string of the molecule is Cc1nccn1CCCC(=O)c1ccc(-c2cccc(C(F)(F)F)c2)c2c1CN(C(=O)NC(C)(C)C)CC2. The largest absolute Gasteiger partial charge is 0.416 e. The summed E-state index contributed by atoms with van der Waals surface area (Å²) in [7, 11) is 0. The van der Waals surface area contributed by atoms with Crippen molar-refractivity contribution in [3.05, 3.63) is 76.9 Å². The molecule has 4 rings (SSSR count). The van der Waals surface area contributed by atoms with Crippen molar-refractivity contribution in [2.24, 2.45) is 0 Å². The van der Waals surface area contributed by atoms with Crippen LogP contribution in [0.15, 0.2) is 48.8 Å². The third-order valence-corrected chi connectivity index (χ3v) is 6.71. The number of alkyl halides is 3. The number of Topliss-reactive ketones (excluding diaryl/α,β-unsaturated/α-hetero) is 1. The van der Waals surface area contributed by atoms with Gasteiger partial charge in [-0.3, -0.25) is 4.79 Å². The molecule has 9 heteroatoms. The first-order chi connectivity index (χ1) is 17.8. The van der Waals surface area contributed by atoms with E-state index in [9.17, 15) is 22.8 Å². The third-order valence-electron chi connectivity index (χ3n) is 6.71. The quantitative estimate of drug-likeness (QED) is 0.378. The lowest BCUT2D eigenvalue weighted by Crippen LogP contribution is -2.50. The first-order valence-corrected chi connectivity index (χ1v) is 12.7. The van der Waals surface area contributed by atoms with E-state index in [1.165, 1.54) is 6.07 Å². The van der Waals surface area contributed by atoms with E-state index in [0.29, 0.717) is 54.6 Å². The molecule has 0 saturated heterocycles. The van der Waals surface area contributed by atoms with Crippen molar-refractivity contribution in [1.29, 1.82) is 0 Å². The van der Waals surface area contributed by atoms with Crippen LogP contribution in [0.4, 0.5) is 18.0 Å². The second-order valence-electron chi connectivity index (χ2n) is 10.7. The van der Waals surface area contributed by atoms with Crippen LogP contribution in [-0.4, -0.2) is 38.3 Å². The number of aryl methyl sites for hydroxylation is 2. The Morgan fingerprint density at radius 3 is 2.50 bits per heavy atom. The van der Waals surface area contributed by atoms with E-state index in [1.54, 1.807) is 29.3 Å². The maximum absolute atomic E-state index is 13.4. The van der Waals surface area contributed by atoms with E-state index in [0.717, 1.165) is 23.5 Å². The smallest absolute Gasteiger partial charge is 0.335 e. The zero-order valence-corrected chi connectivity index (χ0v) is 22.2. The molecule has 202 valence electrons. The van der Waals surface area contributed by atoms with Crippen LogP contribution in [0.5, 0.6) is 0 Å². The molecule has 0 unspecified atom stereocenters.